The first-order valence-electron chi connectivity index (χ1n) is 0.783. The number of hydrogen-bond donors (Lipinski definition) is 3. The first-order chi connectivity index (χ1) is 2.00. The van der Waals surface area contributed by atoms with Crippen LogP contribution in [0.1, 0.15) is 4.28 Å². The minimum atomic E-state index is -4.64. The molecule has 0 amide bonds. The van der Waals surface area contributed by atoms with Gasteiger partial charge in [-0.1, -0.05) is 0 Å². The van der Waals surface area contributed by atoms with Crippen LogP contribution in [-0.2, 0) is 4.57 Å². The Morgan fingerprint density at radius 3 is 1.25 bits per heavy atom. The maximum atomic E-state index is 8.88. The van der Waals surface area contributed by atoms with Crippen molar-refractivity contribution in [3.8, 4) is 0 Å². The summed E-state index contributed by atoms with van der Waals surface area (Å²) < 4.78 is 8.88. The third-order valence-corrected chi connectivity index (χ3v) is 0. The third kappa shape index (κ3) is 59.2. The first-order valence-corrected chi connectivity index (χ1v) is 2.35. The Kier molecular flexibility index (Phi) is 28.9. The van der Waals surface area contributed by atoms with Gasteiger partial charge in [0.05, 0.1) is 0 Å². The van der Waals surface area contributed by atoms with Crippen molar-refractivity contribution in [3.63, 3.8) is 0 Å². The third-order valence-electron chi connectivity index (χ3n) is 0. The monoisotopic (exact) mass is 296 g/mol. The van der Waals surface area contributed by atoms with Crippen molar-refractivity contribution < 1.29 is 80.4 Å². The molecule has 0 aliphatic rings. The summed E-state index contributed by atoms with van der Waals surface area (Å²) >= 11 is 0. The molecule has 0 unspecified atom stereocenters. The molecule has 8 heavy (non-hydrogen) atoms. The minimum Gasteiger partial charge on any atom is -1.00 e. The van der Waals surface area contributed by atoms with Gasteiger partial charge in [0.1, 0.15) is 0 Å². The van der Waals surface area contributed by atoms with E-state index in [4.69, 9.17) is 19.2 Å². The largest absolute Gasteiger partial charge is 2.00 e. The zero-order valence-electron chi connectivity index (χ0n) is 7.40. The molecule has 5 N–H and O–H groups in total. The Morgan fingerprint density at radius 1 is 1.25 bits per heavy atom. The van der Waals surface area contributed by atoms with Crippen LogP contribution in [0, 0.1) is 0 Å². The van der Waals surface area contributed by atoms with Crippen LogP contribution in [0.15, 0.2) is 0 Å². The summed E-state index contributed by atoms with van der Waals surface area (Å²) in [6.07, 6.45) is 0. The molecule has 0 aliphatic heterocycles. The van der Waals surface area contributed by atoms with E-state index < -0.39 is 7.82 Å². The molecule has 0 saturated heterocycles. The van der Waals surface area contributed by atoms with Crippen LogP contribution < -0.4 is 51.4 Å². The average Bonchev–Trinajstić information content (AvgIpc) is 0.722. The number of hydrogen-bond acceptors (Lipinski definition) is 1. The smallest absolute Gasteiger partial charge is 1.00 e. The standard InChI is InChI=1S/Ba.K.H3O4P.H2O.3H/c;;1-5(2,3)4;;;;/h;;(H3,1,2,3,4);1H2;;;/q+2;+1;;;3*-1. The summed E-state index contributed by atoms with van der Waals surface area (Å²) in [5.74, 6) is 0. The summed E-state index contributed by atoms with van der Waals surface area (Å²) in [6.45, 7) is 0. The van der Waals surface area contributed by atoms with E-state index in [9.17, 15) is 0 Å². The predicted molar refractivity (Wildman–Crippen MR) is 27.0 cm³/mol. The quantitative estimate of drug-likeness (QED) is 0.308. The van der Waals surface area contributed by atoms with Crippen LogP contribution in [0.2, 0.25) is 0 Å². The fourth-order valence-electron chi connectivity index (χ4n) is 0. The van der Waals surface area contributed by atoms with Gasteiger partial charge in [0.25, 0.3) is 0 Å². The summed E-state index contributed by atoms with van der Waals surface area (Å²) in [4.78, 5) is 21.6. The molecule has 0 aromatic rings. The van der Waals surface area contributed by atoms with Crippen molar-refractivity contribution in [2.45, 2.75) is 0 Å². The molecule has 0 aliphatic carbocycles. The molecule has 0 atom stereocenters. The van der Waals surface area contributed by atoms with Crippen molar-refractivity contribution in [1.82, 2.24) is 0 Å². The van der Waals surface area contributed by atoms with E-state index in [2.05, 4.69) is 0 Å². The summed E-state index contributed by atoms with van der Waals surface area (Å²) in [5.41, 5.74) is 0. The Labute approximate surface area is 134 Å². The summed E-state index contributed by atoms with van der Waals surface area (Å²) in [7, 11) is -4.64. The van der Waals surface area contributed by atoms with Gasteiger partial charge >= 0.3 is 108 Å². The van der Waals surface area contributed by atoms with Gasteiger partial charge in [0, 0.05) is 0 Å². The Hall–Kier alpha value is 3.28. The summed E-state index contributed by atoms with van der Waals surface area (Å²) in [5, 5.41) is 0. The van der Waals surface area contributed by atoms with Crippen LogP contribution >= 0.6 is 7.82 Å². The van der Waals surface area contributed by atoms with Gasteiger partial charge in [-0.3, -0.25) is 0 Å². The van der Waals surface area contributed by atoms with Crippen molar-refractivity contribution >= 4 is 56.7 Å². The second-order valence-corrected chi connectivity index (χ2v) is 1.54. The fraction of sp³-hybridized carbons (Fsp3) is 0. The maximum Gasteiger partial charge on any atom is 2.00 e. The molecule has 0 aromatic heterocycles. The Balaban J connectivity index is -0.00000000533. The van der Waals surface area contributed by atoms with Crippen LogP contribution in [-0.4, -0.2) is 69.0 Å². The van der Waals surface area contributed by atoms with Crippen LogP contribution in [0.5, 0.6) is 0 Å². The molecular weight excluding hydrogens is 287 g/mol. The van der Waals surface area contributed by atoms with Gasteiger partial charge in [-0.25, -0.2) is 4.57 Å². The summed E-state index contributed by atoms with van der Waals surface area (Å²) in [6, 6.07) is 0. The molecule has 0 rings (SSSR count). The van der Waals surface area contributed by atoms with Gasteiger partial charge < -0.3 is 24.4 Å². The number of phosphoric acid groups is 1. The Morgan fingerprint density at radius 2 is 1.25 bits per heavy atom. The van der Waals surface area contributed by atoms with Gasteiger partial charge in [0.2, 0.25) is 0 Å². The van der Waals surface area contributed by atoms with Gasteiger partial charge in [-0.2, -0.15) is 0 Å². The van der Waals surface area contributed by atoms with E-state index in [0.29, 0.717) is 0 Å². The van der Waals surface area contributed by atoms with Crippen molar-refractivity contribution in [1.29, 1.82) is 0 Å². The van der Waals surface area contributed by atoms with Gasteiger partial charge in [-0.15, -0.1) is 0 Å². The van der Waals surface area contributed by atoms with Crippen molar-refractivity contribution in [3.05, 3.63) is 0 Å². The van der Waals surface area contributed by atoms with E-state index >= 15 is 0 Å². The average molecular weight is 295 g/mol. The second kappa shape index (κ2) is 10.3. The van der Waals surface area contributed by atoms with Crippen molar-refractivity contribution in [2.75, 3.05) is 0 Å². The molecule has 0 radical (unpaired) electrons. The topological polar surface area (TPSA) is 109 Å². The molecule has 0 spiro atoms. The van der Waals surface area contributed by atoms with E-state index in [1.807, 2.05) is 0 Å². The molecule has 0 aromatic carbocycles. The van der Waals surface area contributed by atoms with Gasteiger partial charge in [-0.05, 0) is 0 Å². The Bertz CT molecular complexity index is 67.9. The second-order valence-electron chi connectivity index (χ2n) is 0.513. The van der Waals surface area contributed by atoms with E-state index in [0.717, 1.165) is 0 Å². The molecule has 0 fully saturated rings. The molecule has 8 heteroatoms. The molecule has 5 nitrogen and oxygen atoms in total. The fourth-order valence-corrected chi connectivity index (χ4v) is 0. The maximum absolute atomic E-state index is 8.88. The van der Waals surface area contributed by atoms with Crippen molar-refractivity contribution in [2.24, 2.45) is 0 Å². The molecule has 46 valence electrons. The SMILES string of the molecule is O.O=P(O)(O)O.[Ba+2].[H-].[H-].[H-].[K+]. The molecular formula is H8BaKO5P. The van der Waals surface area contributed by atoms with E-state index in [1.165, 1.54) is 0 Å². The van der Waals surface area contributed by atoms with Crippen LogP contribution in [0.25, 0.3) is 0 Å². The van der Waals surface area contributed by atoms with Crippen LogP contribution in [0.4, 0.5) is 0 Å². The van der Waals surface area contributed by atoms with Crippen LogP contribution in [0.3, 0.4) is 0 Å². The minimum absolute atomic E-state index is 0. The molecule has 0 saturated carbocycles. The van der Waals surface area contributed by atoms with E-state index in [-0.39, 0.29) is 110 Å². The zero-order valence-corrected chi connectivity index (χ0v) is 12.9. The predicted octanol–water partition coefficient (Wildman–Crippen LogP) is -4.79. The molecule has 0 heterocycles. The zero-order chi connectivity index (χ0) is 4.50. The first kappa shape index (κ1) is 22.5. The normalized spacial score (nSPS) is 7.38. The number of rotatable bonds is 0. The van der Waals surface area contributed by atoms with E-state index in [1.54, 1.807) is 0 Å². The molecule has 0 bridgehead atoms. The van der Waals surface area contributed by atoms with Gasteiger partial charge in [0.15, 0.2) is 0 Å².